The summed E-state index contributed by atoms with van der Waals surface area (Å²) in [6.07, 6.45) is 0.814. The Balaban J connectivity index is 0.00000441. The van der Waals surface area contributed by atoms with E-state index >= 15 is 0 Å². The maximum atomic E-state index is 11.9. The van der Waals surface area contributed by atoms with E-state index in [4.69, 9.17) is 0 Å². The van der Waals surface area contributed by atoms with Crippen LogP contribution < -0.4 is 10.6 Å². The number of rotatable bonds is 6. The summed E-state index contributed by atoms with van der Waals surface area (Å²) in [6, 6.07) is 7.74. The maximum absolute atomic E-state index is 11.9. The predicted molar refractivity (Wildman–Crippen MR) is 103 cm³/mol. The van der Waals surface area contributed by atoms with Crippen molar-refractivity contribution in [3.8, 4) is 0 Å². The van der Waals surface area contributed by atoms with Gasteiger partial charge in [-0.3, -0.25) is 9.79 Å². The van der Waals surface area contributed by atoms with Crippen molar-refractivity contribution in [2.45, 2.75) is 20.3 Å². The molecule has 6 heteroatoms. The van der Waals surface area contributed by atoms with E-state index in [1.165, 1.54) is 0 Å². The molecule has 0 aromatic heterocycles. The lowest BCUT2D eigenvalue weighted by molar-refractivity contribution is 0.0827. The zero-order valence-corrected chi connectivity index (χ0v) is 16.2. The number of amides is 1. The summed E-state index contributed by atoms with van der Waals surface area (Å²) >= 11 is 0. The summed E-state index contributed by atoms with van der Waals surface area (Å²) in [5, 5.41) is 6.38. The molecule has 1 aromatic rings. The number of benzene rings is 1. The van der Waals surface area contributed by atoms with Gasteiger partial charge in [0.15, 0.2) is 5.96 Å². The van der Waals surface area contributed by atoms with Gasteiger partial charge in [-0.15, -0.1) is 24.0 Å². The summed E-state index contributed by atoms with van der Waals surface area (Å²) in [6.45, 7) is 6.47. The first-order valence-corrected chi connectivity index (χ1v) is 7.41. The molecule has 124 valence electrons. The minimum absolute atomic E-state index is 0. The molecule has 1 amide bonds. The fraction of sp³-hybridized carbons (Fsp3) is 0.500. The largest absolute Gasteiger partial charge is 0.357 e. The van der Waals surface area contributed by atoms with E-state index in [0.717, 1.165) is 36.6 Å². The Bertz CT molecular complexity index is 481. The van der Waals surface area contributed by atoms with E-state index in [0.29, 0.717) is 6.54 Å². The van der Waals surface area contributed by atoms with E-state index in [9.17, 15) is 4.79 Å². The number of halogens is 1. The van der Waals surface area contributed by atoms with E-state index in [2.05, 4.69) is 15.6 Å². The molecule has 0 fully saturated rings. The van der Waals surface area contributed by atoms with Crippen LogP contribution >= 0.6 is 24.0 Å². The normalized spacial score (nSPS) is 9.45. The summed E-state index contributed by atoms with van der Waals surface area (Å²) in [7, 11) is 3.52. The lowest BCUT2D eigenvalue weighted by atomic mass is 10.1. The first-order chi connectivity index (χ1) is 10.1. The van der Waals surface area contributed by atoms with Crippen LogP contribution in [0.4, 0.5) is 0 Å². The van der Waals surface area contributed by atoms with Gasteiger partial charge >= 0.3 is 0 Å². The summed E-state index contributed by atoms with van der Waals surface area (Å²) in [5.41, 5.74) is 1.85. The Labute approximate surface area is 150 Å². The molecule has 1 rings (SSSR count). The third-order valence-electron chi connectivity index (χ3n) is 2.94. The molecular weight excluding hydrogens is 391 g/mol. The number of nitrogens with one attached hydrogen (secondary N) is 2. The van der Waals surface area contributed by atoms with Gasteiger partial charge in [-0.25, -0.2) is 0 Å². The van der Waals surface area contributed by atoms with E-state index in [1.54, 1.807) is 19.0 Å². The van der Waals surface area contributed by atoms with Gasteiger partial charge in [0.2, 0.25) is 0 Å². The topological polar surface area (TPSA) is 56.7 Å². The SMILES string of the molecule is CCNC(=NCCc1cccc(C(=O)N(C)C)c1)NCC.I. The van der Waals surface area contributed by atoms with Crippen molar-refractivity contribution in [3.63, 3.8) is 0 Å². The van der Waals surface area contributed by atoms with Gasteiger partial charge in [0.25, 0.3) is 5.91 Å². The van der Waals surface area contributed by atoms with Crippen LogP contribution in [0.1, 0.15) is 29.8 Å². The van der Waals surface area contributed by atoms with Crippen molar-refractivity contribution in [2.24, 2.45) is 4.99 Å². The molecule has 0 spiro atoms. The molecule has 0 bridgehead atoms. The molecule has 0 radical (unpaired) electrons. The third-order valence-corrected chi connectivity index (χ3v) is 2.94. The number of hydrogen-bond donors (Lipinski definition) is 2. The quantitative estimate of drug-likeness (QED) is 0.423. The highest BCUT2D eigenvalue weighted by atomic mass is 127. The van der Waals surface area contributed by atoms with Crippen molar-refractivity contribution in [1.82, 2.24) is 15.5 Å². The van der Waals surface area contributed by atoms with Gasteiger partial charge in [0.1, 0.15) is 0 Å². The number of hydrogen-bond acceptors (Lipinski definition) is 2. The van der Waals surface area contributed by atoms with E-state index in [1.807, 2.05) is 38.1 Å². The second kappa shape index (κ2) is 11.3. The van der Waals surface area contributed by atoms with Crippen LogP contribution in [0.3, 0.4) is 0 Å². The van der Waals surface area contributed by atoms with Crippen LogP contribution in [0.15, 0.2) is 29.3 Å². The fourth-order valence-corrected chi connectivity index (χ4v) is 1.92. The van der Waals surface area contributed by atoms with Gasteiger partial charge in [-0.2, -0.15) is 0 Å². The molecule has 0 saturated carbocycles. The number of guanidine groups is 1. The zero-order chi connectivity index (χ0) is 15.7. The molecule has 0 aliphatic rings. The average molecular weight is 418 g/mol. The van der Waals surface area contributed by atoms with Crippen LogP contribution in [-0.4, -0.2) is 50.5 Å². The highest BCUT2D eigenvalue weighted by Crippen LogP contribution is 2.08. The van der Waals surface area contributed by atoms with Crippen molar-refractivity contribution in [1.29, 1.82) is 0 Å². The lowest BCUT2D eigenvalue weighted by Crippen LogP contribution is -2.37. The molecule has 0 atom stereocenters. The molecular formula is C16H27IN4O. The summed E-state index contributed by atoms with van der Waals surface area (Å²) < 4.78 is 0. The van der Waals surface area contributed by atoms with Gasteiger partial charge in [-0.05, 0) is 38.0 Å². The van der Waals surface area contributed by atoms with Crippen LogP contribution in [0.2, 0.25) is 0 Å². The Kier molecular flexibility index (Phi) is 10.6. The minimum Gasteiger partial charge on any atom is -0.357 e. The molecule has 5 nitrogen and oxygen atoms in total. The molecule has 0 unspecified atom stereocenters. The number of carbonyl (C=O) groups is 1. The highest BCUT2D eigenvalue weighted by Gasteiger charge is 2.07. The van der Waals surface area contributed by atoms with E-state index < -0.39 is 0 Å². The standard InChI is InChI=1S/C16H26N4O.HI/c1-5-17-16(18-6-2)19-11-10-13-8-7-9-14(12-13)15(21)20(3)4;/h7-9,12H,5-6,10-11H2,1-4H3,(H2,17,18,19);1H. The Morgan fingerprint density at radius 2 is 1.82 bits per heavy atom. The average Bonchev–Trinajstić information content (AvgIpc) is 2.47. The number of aliphatic imine (C=N–C) groups is 1. The van der Waals surface area contributed by atoms with Gasteiger partial charge in [0.05, 0.1) is 0 Å². The Hall–Kier alpha value is -1.31. The zero-order valence-electron chi connectivity index (χ0n) is 13.8. The monoisotopic (exact) mass is 418 g/mol. The number of carbonyl (C=O) groups excluding carboxylic acids is 1. The molecule has 22 heavy (non-hydrogen) atoms. The minimum atomic E-state index is 0. The maximum Gasteiger partial charge on any atom is 0.253 e. The van der Waals surface area contributed by atoms with Crippen LogP contribution in [0.25, 0.3) is 0 Å². The predicted octanol–water partition coefficient (Wildman–Crippen LogP) is 2.12. The number of nitrogens with zero attached hydrogens (tertiary/aromatic N) is 2. The van der Waals surface area contributed by atoms with E-state index in [-0.39, 0.29) is 29.9 Å². The Morgan fingerprint density at radius 3 is 2.36 bits per heavy atom. The second-order valence-electron chi connectivity index (χ2n) is 4.94. The molecule has 0 aliphatic carbocycles. The van der Waals surface area contributed by atoms with Crippen LogP contribution in [0, 0.1) is 0 Å². The van der Waals surface area contributed by atoms with Gasteiger partial charge in [0, 0.05) is 39.3 Å². The van der Waals surface area contributed by atoms with Gasteiger partial charge < -0.3 is 15.5 Å². The third kappa shape index (κ3) is 7.11. The highest BCUT2D eigenvalue weighted by molar-refractivity contribution is 14.0. The fourth-order valence-electron chi connectivity index (χ4n) is 1.92. The molecule has 0 aliphatic heterocycles. The van der Waals surface area contributed by atoms with Crippen molar-refractivity contribution < 1.29 is 4.79 Å². The van der Waals surface area contributed by atoms with Crippen molar-refractivity contribution in [3.05, 3.63) is 35.4 Å². The van der Waals surface area contributed by atoms with Crippen LogP contribution in [-0.2, 0) is 6.42 Å². The summed E-state index contributed by atoms with van der Waals surface area (Å²) in [5.74, 6) is 0.863. The lowest BCUT2D eigenvalue weighted by Gasteiger charge is -2.11. The molecule has 0 saturated heterocycles. The Morgan fingerprint density at radius 1 is 1.18 bits per heavy atom. The molecule has 0 heterocycles. The van der Waals surface area contributed by atoms with Crippen molar-refractivity contribution >= 4 is 35.8 Å². The first kappa shape index (κ1) is 20.7. The van der Waals surface area contributed by atoms with Crippen LogP contribution in [0.5, 0.6) is 0 Å². The van der Waals surface area contributed by atoms with Crippen molar-refractivity contribution in [2.75, 3.05) is 33.7 Å². The smallest absolute Gasteiger partial charge is 0.253 e. The molecule has 1 aromatic carbocycles. The summed E-state index contributed by atoms with van der Waals surface area (Å²) in [4.78, 5) is 18.0. The molecule has 2 N–H and O–H groups in total. The first-order valence-electron chi connectivity index (χ1n) is 7.41. The van der Waals surface area contributed by atoms with Gasteiger partial charge in [-0.1, -0.05) is 12.1 Å². The second-order valence-corrected chi connectivity index (χ2v) is 4.94.